The van der Waals surface area contributed by atoms with Gasteiger partial charge >= 0.3 is 0 Å². The van der Waals surface area contributed by atoms with E-state index in [1.54, 1.807) is 30.3 Å². The number of benzene rings is 3. The molecule has 0 N–H and O–H groups in total. The number of fused-ring (bicyclic) bond motifs is 1. The van der Waals surface area contributed by atoms with Gasteiger partial charge in [-0.25, -0.2) is 4.98 Å². The third-order valence-corrected chi connectivity index (χ3v) is 7.58. The van der Waals surface area contributed by atoms with E-state index in [2.05, 4.69) is 30.3 Å². The molecule has 0 unspecified atom stereocenters. The van der Waals surface area contributed by atoms with Crippen molar-refractivity contribution in [3.8, 4) is 11.8 Å². The molecule has 0 radical (unpaired) electrons. The van der Waals surface area contributed by atoms with Gasteiger partial charge in [0, 0.05) is 13.1 Å². The Labute approximate surface area is 214 Å². The van der Waals surface area contributed by atoms with Crippen LogP contribution in [0.4, 0.5) is 0 Å². The average molecular weight is 495 g/mol. The number of nitriles is 1. The summed E-state index contributed by atoms with van der Waals surface area (Å²) < 4.78 is 1.54. The van der Waals surface area contributed by atoms with Gasteiger partial charge in [-0.3, -0.25) is 14.2 Å². The van der Waals surface area contributed by atoms with Crippen molar-refractivity contribution < 1.29 is 4.79 Å². The second-order valence-electron chi connectivity index (χ2n) is 9.01. The average Bonchev–Trinajstić information content (AvgIpc) is 2.93. The van der Waals surface area contributed by atoms with E-state index in [4.69, 9.17) is 10.2 Å². The van der Waals surface area contributed by atoms with Gasteiger partial charge in [-0.1, -0.05) is 54.2 Å². The van der Waals surface area contributed by atoms with Crippen LogP contribution in [-0.2, 0) is 11.2 Å². The van der Waals surface area contributed by atoms with Gasteiger partial charge in [-0.05, 0) is 67.1 Å². The Balaban J connectivity index is 1.31. The number of para-hydroxylation sites is 1. The zero-order chi connectivity index (χ0) is 24.9. The Bertz CT molecular complexity index is 1470. The van der Waals surface area contributed by atoms with Crippen molar-refractivity contribution in [2.45, 2.75) is 24.4 Å². The fourth-order valence-electron chi connectivity index (χ4n) is 4.67. The van der Waals surface area contributed by atoms with Gasteiger partial charge < -0.3 is 4.90 Å². The highest BCUT2D eigenvalue weighted by Crippen LogP contribution is 2.25. The van der Waals surface area contributed by atoms with Gasteiger partial charge in [0.2, 0.25) is 5.91 Å². The third-order valence-electron chi connectivity index (χ3n) is 6.66. The molecule has 4 aromatic rings. The van der Waals surface area contributed by atoms with Crippen LogP contribution in [0.3, 0.4) is 0 Å². The summed E-state index contributed by atoms with van der Waals surface area (Å²) >= 11 is 1.28. The largest absolute Gasteiger partial charge is 0.342 e. The number of hydrogen-bond donors (Lipinski definition) is 0. The molecule has 1 saturated heterocycles. The zero-order valence-corrected chi connectivity index (χ0v) is 20.7. The molecule has 0 saturated carbocycles. The molecular formula is C29H26N4O2S. The number of aromatic nitrogens is 2. The molecule has 3 aromatic carbocycles. The lowest BCUT2D eigenvalue weighted by Gasteiger charge is -2.32. The van der Waals surface area contributed by atoms with Gasteiger partial charge in [0.15, 0.2) is 5.16 Å². The molecule has 0 bridgehead atoms. The molecule has 1 aromatic heterocycles. The van der Waals surface area contributed by atoms with Crippen LogP contribution in [0.2, 0.25) is 0 Å². The Morgan fingerprint density at radius 2 is 1.67 bits per heavy atom. The van der Waals surface area contributed by atoms with Crippen molar-refractivity contribution >= 4 is 28.6 Å². The molecule has 1 fully saturated rings. The van der Waals surface area contributed by atoms with E-state index in [1.807, 2.05) is 29.2 Å². The number of rotatable bonds is 6. The van der Waals surface area contributed by atoms with Crippen molar-refractivity contribution in [2.24, 2.45) is 5.92 Å². The minimum atomic E-state index is -0.193. The van der Waals surface area contributed by atoms with Gasteiger partial charge in [0.05, 0.1) is 34.0 Å². The zero-order valence-electron chi connectivity index (χ0n) is 19.8. The molecule has 6 nitrogen and oxygen atoms in total. The smallest absolute Gasteiger partial charge is 0.266 e. The summed E-state index contributed by atoms with van der Waals surface area (Å²) in [4.78, 5) is 33.1. The van der Waals surface area contributed by atoms with Crippen molar-refractivity contribution in [3.05, 3.63) is 100 Å². The number of likely N-dealkylation sites (tertiary alicyclic amines) is 1. The summed E-state index contributed by atoms with van der Waals surface area (Å²) in [5, 5.41) is 10.1. The first kappa shape index (κ1) is 23.8. The van der Waals surface area contributed by atoms with E-state index in [-0.39, 0.29) is 17.2 Å². The molecule has 36 heavy (non-hydrogen) atoms. The highest BCUT2D eigenvalue weighted by atomic mass is 32.2. The van der Waals surface area contributed by atoms with Crippen molar-refractivity contribution in [2.75, 3.05) is 18.8 Å². The van der Waals surface area contributed by atoms with Crippen LogP contribution < -0.4 is 5.56 Å². The van der Waals surface area contributed by atoms with E-state index in [0.717, 1.165) is 32.4 Å². The SMILES string of the molecule is N#Cc1ccc(-n2c(SCC(=O)N3CCC(Cc4ccccc4)CC3)nc3ccccc3c2=O)cc1. The van der Waals surface area contributed by atoms with Crippen LogP contribution in [0.1, 0.15) is 24.0 Å². The Morgan fingerprint density at radius 1 is 0.972 bits per heavy atom. The number of nitrogens with zero attached hydrogens (tertiary/aromatic N) is 4. The highest BCUT2D eigenvalue weighted by molar-refractivity contribution is 7.99. The van der Waals surface area contributed by atoms with Crippen LogP contribution in [-0.4, -0.2) is 39.2 Å². The number of hydrogen-bond acceptors (Lipinski definition) is 5. The molecule has 5 rings (SSSR count). The van der Waals surface area contributed by atoms with Crippen molar-refractivity contribution in [1.82, 2.24) is 14.5 Å². The molecule has 1 aliphatic heterocycles. The highest BCUT2D eigenvalue weighted by Gasteiger charge is 2.24. The number of piperidine rings is 1. The molecular weight excluding hydrogens is 468 g/mol. The summed E-state index contributed by atoms with van der Waals surface area (Å²) in [5.74, 6) is 0.865. The lowest BCUT2D eigenvalue weighted by Crippen LogP contribution is -2.40. The maximum atomic E-state index is 13.4. The van der Waals surface area contributed by atoms with Crippen LogP contribution in [0, 0.1) is 17.2 Å². The molecule has 0 spiro atoms. The molecule has 0 atom stereocenters. The molecule has 1 aliphatic rings. The summed E-state index contributed by atoms with van der Waals surface area (Å²) in [6.45, 7) is 1.51. The van der Waals surface area contributed by atoms with Crippen LogP contribution in [0.5, 0.6) is 0 Å². The van der Waals surface area contributed by atoms with E-state index in [9.17, 15) is 9.59 Å². The first-order valence-electron chi connectivity index (χ1n) is 12.1. The fraction of sp³-hybridized carbons (Fsp3) is 0.241. The predicted octanol–water partition coefficient (Wildman–Crippen LogP) is 4.83. The van der Waals surface area contributed by atoms with Crippen molar-refractivity contribution in [3.63, 3.8) is 0 Å². The molecule has 0 aliphatic carbocycles. The number of amides is 1. The molecule has 180 valence electrons. The minimum Gasteiger partial charge on any atom is -0.342 e. The van der Waals surface area contributed by atoms with Gasteiger partial charge in [-0.15, -0.1) is 0 Å². The first-order chi connectivity index (χ1) is 17.6. The predicted molar refractivity (Wildman–Crippen MR) is 142 cm³/mol. The lowest BCUT2D eigenvalue weighted by atomic mass is 9.90. The monoisotopic (exact) mass is 494 g/mol. The summed E-state index contributed by atoms with van der Waals surface area (Å²) in [7, 11) is 0. The van der Waals surface area contributed by atoms with Crippen LogP contribution in [0.15, 0.2) is 88.8 Å². The summed E-state index contributed by atoms with van der Waals surface area (Å²) in [5.41, 5.74) is 2.89. The van der Waals surface area contributed by atoms with E-state index < -0.39 is 0 Å². The van der Waals surface area contributed by atoms with E-state index in [1.165, 1.54) is 21.9 Å². The molecule has 1 amide bonds. The maximum Gasteiger partial charge on any atom is 0.266 e. The molecule has 7 heteroatoms. The Kier molecular flexibility index (Phi) is 7.15. The second kappa shape index (κ2) is 10.8. The summed E-state index contributed by atoms with van der Waals surface area (Å²) in [6, 6.07) is 26.7. The second-order valence-corrected chi connectivity index (χ2v) is 9.96. The van der Waals surface area contributed by atoms with Gasteiger partial charge in [0.25, 0.3) is 5.56 Å². The van der Waals surface area contributed by atoms with Gasteiger partial charge in [-0.2, -0.15) is 5.26 Å². The number of carbonyl (C=O) groups is 1. The van der Waals surface area contributed by atoms with Crippen molar-refractivity contribution in [1.29, 1.82) is 5.26 Å². The maximum absolute atomic E-state index is 13.4. The Hall–Kier alpha value is -3.89. The normalized spacial score (nSPS) is 14.0. The fourth-order valence-corrected chi connectivity index (χ4v) is 5.59. The van der Waals surface area contributed by atoms with E-state index in [0.29, 0.717) is 33.2 Å². The Morgan fingerprint density at radius 3 is 2.39 bits per heavy atom. The van der Waals surface area contributed by atoms with Crippen LogP contribution >= 0.6 is 11.8 Å². The summed E-state index contributed by atoms with van der Waals surface area (Å²) in [6.07, 6.45) is 3.04. The molecule has 2 heterocycles. The lowest BCUT2D eigenvalue weighted by molar-refractivity contribution is -0.129. The third kappa shape index (κ3) is 5.19. The number of thioether (sulfide) groups is 1. The number of carbonyl (C=O) groups excluding carboxylic acids is 1. The minimum absolute atomic E-state index is 0.0620. The standard InChI is InChI=1S/C29H26N4O2S/c30-19-23-10-12-24(13-11-23)33-28(35)25-8-4-5-9-26(25)31-29(33)36-20-27(34)32-16-14-22(15-17-32)18-21-6-2-1-3-7-21/h1-13,22H,14-18,20H2. The first-order valence-corrected chi connectivity index (χ1v) is 13.1. The topological polar surface area (TPSA) is 79.0 Å². The van der Waals surface area contributed by atoms with Crippen LogP contribution in [0.25, 0.3) is 16.6 Å². The quantitative estimate of drug-likeness (QED) is 0.283. The van der Waals surface area contributed by atoms with Gasteiger partial charge in [0.1, 0.15) is 0 Å². The van der Waals surface area contributed by atoms with E-state index >= 15 is 0 Å².